The van der Waals surface area contributed by atoms with Gasteiger partial charge in [-0.05, 0) is 41.6 Å². The molecule has 0 aliphatic heterocycles. The molecule has 1 atom stereocenters. The Morgan fingerprint density at radius 1 is 1.67 bits per heavy atom. The lowest BCUT2D eigenvalue weighted by Gasteiger charge is -2.15. The van der Waals surface area contributed by atoms with E-state index in [0.29, 0.717) is 23.7 Å². The van der Waals surface area contributed by atoms with Crippen LogP contribution in [0.5, 0.6) is 0 Å². The molecule has 0 bridgehead atoms. The summed E-state index contributed by atoms with van der Waals surface area (Å²) >= 11 is 3.34. The van der Waals surface area contributed by atoms with Crippen molar-refractivity contribution >= 4 is 21.6 Å². The molecule has 5 nitrogen and oxygen atoms in total. The van der Waals surface area contributed by atoms with Crippen LogP contribution in [-0.4, -0.2) is 29.5 Å². The van der Waals surface area contributed by atoms with Crippen LogP contribution in [0.3, 0.4) is 0 Å². The number of hydrogen-bond acceptors (Lipinski definition) is 4. The van der Waals surface area contributed by atoms with Crippen LogP contribution in [0.1, 0.15) is 19.8 Å². The van der Waals surface area contributed by atoms with Gasteiger partial charge in [-0.3, -0.25) is 4.79 Å². The van der Waals surface area contributed by atoms with E-state index in [0.717, 1.165) is 11.6 Å². The third-order valence-corrected chi connectivity index (χ3v) is 3.97. The molecule has 18 heavy (non-hydrogen) atoms. The SMILES string of the molecule is COCCn1ncc(NC(C)C2CC2)c(Br)c1=O. The highest BCUT2D eigenvalue weighted by molar-refractivity contribution is 9.10. The molecule has 1 aliphatic carbocycles. The molecule has 1 fully saturated rings. The van der Waals surface area contributed by atoms with Gasteiger partial charge in [0.25, 0.3) is 5.56 Å². The molecule has 1 aromatic heterocycles. The van der Waals surface area contributed by atoms with E-state index in [1.54, 1.807) is 13.3 Å². The zero-order valence-electron chi connectivity index (χ0n) is 10.6. The molecule has 0 spiro atoms. The topological polar surface area (TPSA) is 56.1 Å². The lowest BCUT2D eigenvalue weighted by Crippen LogP contribution is -2.27. The maximum atomic E-state index is 12.0. The Hall–Kier alpha value is -0.880. The zero-order chi connectivity index (χ0) is 13.1. The van der Waals surface area contributed by atoms with Crippen LogP contribution in [0.2, 0.25) is 0 Å². The molecule has 1 unspecified atom stereocenters. The number of nitrogens with zero attached hydrogens (tertiary/aromatic N) is 2. The van der Waals surface area contributed by atoms with E-state index < -0.39 is 0 Å². The molecule has 0 saturated heterocycles. The fourth-order valence-electron chi connectivity index (χ4n) is 1.86. The van der Waals surface area contributed by atoms with Gasteiger partial charge in [0.1, 0.15) is 4.47 Å². The van der Waals surface area contributed by atoms with Gasteiger partial charge in [0.2, 0.25) is 0 Å². The standard InChI is InChI=1S/C12H18BrN3O2/c1-8(9-3-4-9)15-10-7-14-16(5-6-18-2)12(17)11(10)13/h7-9,15H,3-6H2,1-2H3. The molecule has 0 amide bonds. The van der Waals surface area contributed by atoms with Crippen molar-refractivity contribution in [3.63, 3.8) is 0 Å². The van der Waals surface area contributed by atoms with Gasteiger partial charge in [-0.25, -0.2) is 4.68 Å². The summed E-state index contributed by atoms with van der Waals surface area (Å²) in [7, 11) is 1.60. The summed E-state index contributed by atoms with van der Waals surface area (Å²) in [5.41, 5.74) is 0.646. The Labute approximate surface area is 115 Å². The summed E-state index contributed by atoms with van der Waals surface area (Å²) in [5.74, 6) is 0.729. The second-order valence-corrected chi connectivity index (χ2v) is 5.46. The van der Waals surface area contributed by atoms with E-state index in [1.807, 2.05) is 0 Å². The largest absolute Gasteiger partial charge is 0.383 e. The minimum atomic E-state index is -0.125. The molecule has 2 rings (SSSR count). The minimum absolute atomic E-state index is 0.125. The van der Waals surface area contributed by atoms with Crippen molar-refractivity contribution < 1.29 is 4.74 Å². The molecule has 1 heterocycles. The van der Waals surface area contributed by atoms with Gasteiger partial charge < -0.3 is 10.1 Å². The average Bonchev–Trinajstić information content (AvgIpc) is 3.18. The average molecular weight is 316 g/mol. The van der Waals surface area contributed by atoms with E-state index in [4.69, 9.17) is 4.74 Å². The highest BCUT2D eigenvalue weighted by Crippen LogP contribution is 2.34. The van der Waals surface area contributed by atoms with Crippen molar-refractivity contribution in [1.82, 2.24) is 9.78 Å². The Bertz CT molecular complexity index is 471. The van der Waals surface area contributed by atoms with Crippen molar-refractivity contribution in [2.75, 3.05) is 19.0 Å². The van der Waals surface area contributed by atoms with Crippen molar-refractivity contribution in [2.45, 2.75) is 32.4 Å². The number of rotatable bonds is 6. The summed E-state index contributed by atoms with van der Waals surface area (Å²) < 4.78 is 6.89. The second kappa shape index (κ2) is 5.84. The molecule has 6 heteroatoms. The Morgan fingerprint density at radius 3 is 3.00 bits per heavy atom. The van der Waals surface area contributed by atoms with Crippen molar-refractivity contribution in [3.05, 3.63) is 21.0 Å². The number of methoxy groups -OCH3 is 1. The fourth-order valence-corrected chi connectivity index (χ4v) is 2.28. The van der Waals surface area contributed by atoms with Crippen molar-refractivity contribution in [1.29, 1.82) is 0 Å². The van der Waals surface area contributed by atoms with Gasteiger partial charge in [0, 0.05) is 13.2 Å². The first-order valence-corrected chi connectivity index (χ1v) is 6.94. The maximum absolute atomic E-state index is 12.0. The van der Waals surface area contributed by atoms with E-state index >= 15 is 0 Å². The van der Waals surface area contributed by atoms with Crippen LogP contribution in [0.15, 0.2) is 15.5 Å². The number of anilines is 1. The Balaban J connectivity index is 2.12. The van der Waals surface area contributed by atoms with Gasteiger partial charge in [-0.15, -0.1) is 0 Å². The third-order valence-electron chi connectivity index (χ3n) is 3.20. The second-order valence-electron chi connectivity index (χ2n) is 4.66. The number of hydrogen-bond donors (Lipinski definition) is 1. The van der Waals surface area contributed by atoms with Crippen molar-refractivity contribution in [2.24, 2.45) is 5.92 Å². The molecule has 1 saturated carbocycles. The number of nitrogens with one attached hydrogen (secondary N) is 1. The fraction of sp³-hybridized carbons (Fsp3) is 0.667. The molecular formula is C12H18BrN3O2. The molecule has 0 aromatic carbocycles. The van der Waals surface area contributed by atoms with Gasteiger partial charge in [0.15, 0.2) is 0 Å². The lowest BCUT2D eigenvalue weighted by molar-refractivity contribution is 0.181. The molecule has 1 aliphatic rings. The van der Waals surface area contributed by atoms with Crippen molar-refractivity contribution in [3.8, 4) is 0 Å². The van der Waals surface area contributed by atoms with Crippen LogP contribution in [0, 0.1) is 5.92 Å². The summed E-state index contributed by atoms with van der Waals surface area (Å²) in [6.07, 6.45) is 4.23. The summed E-state index contributed by atoms with van der Waals surface area (Å²) in [6, 6.07) is 0.386. The number of aromatic nitrogens is 2. The van der Waals surface area contributed by atoms with Crippen LogP contribution >= 0.6 is 15.9 Å². The van der Waals surface area contributed by atoms with Crippen LogP contribution in [0.4, 0.5) is 5.69 Å². The summed E-state index contributed by atoms with van der Waals surface area (Å²) in [6.45, 7) is 3.08. The van der Waals surface area contributed by atoms with E-state index in [1.165, 1.54) is 17.5 Å². The normalized spacial score (nSPS) is 16.6. The first-order chi connectivity index (χ1) is 8.63. The van der Waals surface area contributed by atoms with Crippen LogP contribution in [-0.2, 0) is 11.3 Å². The van der Waals surface area contributed by atoms with E-state index in [9.17, 15) is 4.79 Å². The minimum Gasteiger partial charge on any atom is -0.383 e. The van der Waals surface area contributed by atoms with Gasteiger partial charge in [-0.1, -0.05) is 0 Å². The van der Waals surface area contributed by atoms with Crippen LogP contribution in [0.25, 0.3) is 0 Å². The Kier molecular flexibility index (Phi) is 4.40. The highest BCUT2D eigenvalue weighted by Gasteiger charge is 2.28. The Morgan fingerprint density at radius 2 is 2.39 bits per heavy atom. The molecule has 0 radical (unpaired) electrons. The number of ether oxygens (including phenoxy) is 1. The molecule has 100 valence electrons. The molecular weight excluding hydrogens is 298 g/mol. The van der Waals surface area contributed by atoms with E-state index in [-0.39, 0.29) is 5.56 Å². The zero-order valence-corrected chi connectivity index (χ0v) is 12.2. The van der Waals surface area contributed by atoms with Gasteiger partial charge in [-0.2, -0.15) is 5.10 Å². The van der Waals surface area contributed by atoms with Gasteiger partial charge in [0.05, 0.1) is 25.0 Å². The van der Waals surface area contributed by atoms with Gasteiger partial charge >= 0.3 is 0 Å². The quantitative estimate of drug-likeness (QED) is 0.870. The van der Waals surface area contributed by atoms with Crippen LogP contribution < -0.4 is 10.9 Å². The first-order valence-electron chi connectivity index (χ1n) is 6.14. The van der Waals surface area contributed by atoms with E-state index in [2.05, 4.69) is 33.3 Å². The molecule has 1 aromatic rings. The molecule has 1 N–H and O–H groups in total. The number of halogens is 1. The smallest absolute Gasteiger partial charge is 0.283 e. The first kappa shape index (κ1) is 13.5. The summed E-state index contributed by atoms with van der Waals surface area (Å²) in [4.78, 5) is 12.0. The predicted octanol–water partition coefficient (Wildman–Crippen LogP) is 1.86. The highest BCUT2D eigenvalue weighted by atomic mass is 79.9. The third kappa shape index (κ3) is 3.11. The monoisotopic (exact) mass is 315 g/mol. The maximum Gasteiger partial charge on any atom is 0.283 e. The predicted molar refractivity (Wildman–Crippen MR) is 73.9 cm³/mol. The summed E-state index contributed by atoms with van der Waals surface area (Å²) in [5, 5.41) is 7.48. The lowest BCUT2D eigenvalue weighted by atomic mass is 10.2.